The lowest BCUT2D eigenvalue weighted by Crippen LogP contribution is -2.37. The van der Waals surface area contributed by atoms with Crippen LogP contribution in [0.25, 0.3) is 0 Å². The molecule has 0 radical (unpaired) electrons. The van der Waals surface area contributed by atoms with Gasteiger partial charge in [0.1, 0.15) is 5.82 Å². The Balaban J connectivity index is 1.77. The molecule has 1 aromatic rings. The van der Waals surface area contributed by atoms with Crippen molar-refractivity contribution in [1.82, 2.24) is 10.2 Å². The first-order valence-electron chi connectivity index (χ1n) is 6.48. The third kappa shape index (κ3) is 4.04. The molecule has 100 valence electrons. The molecule has 1 fully saturated rings. The Hall–Kier alpha value is -0.450. The minimum absolute atomic E-state index is 0.195. The lowest BCUT2D eigenvalue weighted by atomic mass is 9.98. The van der Waals surface area contributed by atoms with E-state index in [1.165, 1.54) is 38.1 Å². The number of likely N-dealkylation sites (tertiary alicyclic amines) is 1. The van der Waals surface area contributed by atoms with E-state index in [-0.39, 0.29) is 5.82 Å². The average molecular weight is 315 g/mol. The van der Waals surface area contributed by atoms with Gasteiger partial charge in [0, 0.05) is 17.6 Å². The number of nitrogens with one attached hydrogen (secondary N) is 1. The third-order valence-corrected chi connectivity index (χ3v) is 4.22. The van der Waals surface area contributed by atoms with Crippen molar-refractivity contribution in [2.45, 2.75) is 19.4 Å². The predicted molar refractivity (Wildman–Crippen MR) is 76.0 cm³/mol. The SMILES string of the molecule is CN1CCCC(CNCc2ccc(F)cc2Br)C1. The van der Waals surface area contributed by atoms with Crippen LogP contribution in [0.15, 0.2) is 22.7 Å². The van der Waals surface area contributed by atoms with E-state index in [9.17, 15) is 4.39 Å². The molecule has 1 heterocycles. The maximum absolute atomic E-state index is 12.9. The Labute approximate surface area is 117 Å². The second-order valence-corrected chi connectivity index (χ2v) is 5.99. The lowest BCUT2D eigenvalue weighted by Gasteiger charge is -2.29. The van der Waals surface area contributed by atoms with Crippen LogP contribution in [0.3, 0.4) is 0 Å². The van der Waals surface area contributed by atoms with Crippen LogP contribution in [-0.4, -0.2) is 31.6 Å². The first-order valence-corrected chi connectivity index (χ1v) is 7.27. The van der Waals surface area contributed by atoms with Gasteiger partial charge in [-0.1, -0.05) is 22.0 Å². The molecule has 2 rings (SSSR count). The Morgan fingerprint density at radius 2 is 2.33 bits per heavy atom. The van der Waals surface area contributed by atoms with Gasteiger partial charge in [0.2, 0.25) is 0 Å². The van der Waals surface area contributed by atoms with Crippen molar-refractivity contribution in [3.8, 4) is 0 Å². The maximum Gasteiger partial charge on any atom is 0.124 e. The Kier molecular flexibility index (Phi) is 5.15. The zero-order valence-electron chi connectivity index (χ0n) is 10.8. The van der Waals surface area contributed by atoms with Gasteiger partial charge in [0.05, 0.1) is 0 Å². The Morgan fingerprint density at radius 1 is 1.50 bits per heavy atom. The summed E-state index contributed by atoms with van der Waals surface area (Å²) in [6.45, 7) is 4.23. The van der Waals surface area contributed by atoms with Gasteiger partial charge in [0.15, 0.2) is 0 Å². The summed E-state index contributed by atoms with van der Waals surface area (Å²) in [5.74, 6) is 0.544. The summed E-state index contributed by atoms with van der Waals surface area (Å²) in [7, 11) is 2.18. The van der Waals surface area contributed by atoms with Crippen molar-refractivity contribution < 1.29 is 4.39 Å². The smallest absolute Gasteiger partial charge is 0.124 e. The molecule has 1 unspecified atom stereocenters. The van der Waals surface area contributed by atoms with Crippen LogP contribution in [0.5, 0.6) is 0 Å². The molecule has 1 saturated heterocycles. The van der Waals surface area contributed by atoms with Gasteiger partial charge in [-0.2, -0.15) is 0 Å². The van der Waals surface area contributed by atoms with Crippen molar-refractivity contribution in [1.29, 1.82) is 0 Å². The van der Waals surface area contributed by atoms with E-state index in [1.54, 1.807) is 0 Å². The summed E-state index contributed by atoms with van der Waals surface area (Å²) in [6, 6.07) is 4.86. The number of benzene rings is 1. The molecule has 0 aliphatic carbocycles. The Bertz CT molecular complexity index is 397. The standard InChI is InChI=1S/C14H20BrFN2/c1-18-6-2-3-11(10-18)8-17-9-12-4-5-13(16)7-14(12)15/h4-5,7,11,17H,2-3,6,8-10H2,1H3. The molecule has 0 spiro atoms. The minimum Gasteiger partial charge on any atom is -0.312 e. The lowest BCUT2D eigenvalue weighted by molar-refractivity contribution is 0.206. The molecular formula is C14H20BrFN2. The first kappa shape index (κ1) is 14.0. The molecule has 0 saturated carbocycles. The molecule has 1 aliphatic heterocycles. The molecule has 4 heteroatoms. The topological polar surface area (TPSA) is 15.3 Å². The summed E-state index contributed by atoms with van der Waals surface area (Å²) in [4.78, 5) is 2.39. The fourth-order valence-corrected chi connectivity index (χ4v) is 3.01. The van der Waals surface area contributed by atoms with Crippen LogP contribution in [0.2, 0.25) is 0 Å². The second-order valence-electron chi connectivity index (χ2n) is 5.14. The van der Waals surface area contributed by atoms with Crippen LogP contribution in [0.4, 0.5) is 4.39 Å². The average Bonchev–Trinajstić information content (AvgIpc) is 2.32. The number of rotatable bonds is 4. The van der Waals surface area contributed by atoms with E-state index >= 15 is 0 Å². The normalized spacial score (nSPS) is 21.2. The summed E-state index contributed by atoms with van der Waals surface area (Å²) in [6.07, 6.45) is 2.60. The summed E-state index contributed by atoms with van der Waals surface area (Å²) in [5, 5.41) is 3.47. The van der Waals surface area contributed by atoms with Crippen LogP contribution in [0.1, 0.15) is 18.4 Å². The summed E-state index contributed by atoms with van der Waals surface area (Å²) >= 11 is 3.39. The van der Waals surface area contributed by atoms with E-state index in [0.29, 0.717) is 0 Å². The fraction of sp³-hybridized carbons (Fsp3) is 0.571. The molecule has 2 nitrogen and oxygen atoms in total. The highest BCUT2D eigenvalue weighted by atomic mass is 79.9. The number of halogens is 2. The molecule has 1 aliphatic rings. The van der Waals surface area contributed by atoms with Gasteiger partial charge in [-0.25, -0.2) is 4.39 Å². The van der Waals surface area contributed by atoms with Crippen LogP contribution in [-0.2, 0) is 6.54 Å². The van der Waals surface area contributed by atoms with Crippen LogP contribution < -0.4 is 5.32 Å². The van der Waals surface area contributed by atoms with Gasteiger partial charge in [-0.3, -0.25) is 0 Å². The van der Waals surface area contributed by atoms with Crippen molar-refractivity contribution in [3.05, 3.63) is 34.1 Å². The van der Waals surface area contributed by atoms with Crippen molar-refractivity contribution >= 4 is 15.9 Å². The first-order chi connectivity index (χ1) is 8.65. The van der Waals surface area contributed by atoms with E-state index in [1.807, 2.05) is 6.07 Å². The minimum atomic E-state index is -0.195. The number of piperidine rings is 1. The third-order valence-electron chi connectivity index (χ3n) is 3.49. The zero-order chi connectivity index (χ0) is 13.0. The molecular weight excluding hydrogens is 295 g/mol. The number of hydrogen-bond donors (Lipinski definition) is 1. The highest BCUT2D eigenvalue weighted by Crippen LogP contribution is 2.18. The van der Waals surface area contributed by atoms with E-state index in [4.69, 9.17) is 0 Å². The van der Waals surface area contributed by atoms with E-state index in [0.717, 1.165) is 29.0 Å². The van der Waals surface area contributed by atoms with Gasteiger partial charge in [-0.15, -0.1) is 0 Å². The molecule has 1 atom stereocenters. The molecule has 18 heavy (non-hydrogen) atoms. The second kappa shape index (κ2) is 6.64. The highest BCUT2D eigenvalue weighted by molar-refractivity contribution is 9.10. The largest absolute Gasteiger partial charge is 0.312 e. The van der Waals surface area contributed by atoms with Crippen LogP contribution in [0, 0.1) is 11.7 Å². The highest BCUT2D eigenvalue weighted by Gasteiger charge is 2.16. The number of nitrogens with zero attached hydrogens (tertiary/aromatic N) is 1. The van der Waals surface area contributed by atoms with E-state index in [2.05, 4.69) is 33.2 Å². The fourth-order valence-electron chi connectivity index (χ4n) is 2.52. The van der Waals surface area contributed by atoms with Gasteiger partial charge < -0.3 is 10.2 Å². The van der Waals surface area contributed by atoms with Gasteiger partial charge in [-0.05, 0) is 56.6 Å². The van der Waals surface area contributed by atoms with Crippen molar-refractivity contribution in [3.63, 3.8) is 0 Å². The molecule has 1 N–H and O–H groups in total. The number of hydrogen-bond acceptors (Lipinski definition) is 2. The van der Waals surface area contributed by atoms with Crippen LogP contribution >= 0.6 is 15.9 Å². The maximum atomic E-state index is 12.9. The quantitative estimate of drug-likeness (QED) is 0.919. The molecule has 0 aromatic heterocycles. The van der Waals surface area contributed by atoms with Gasteiger partial charge >= 0.3 is 0 Å². The summed E-state index contributed by atoms with van der Waals surface area (Å²) < 4.78 is 13.8. The Morgan fingerprint density at radius 3 is 3.06 bits per heavy atom. The molecule has 0 bridgehead atoms. The summed E-state index contributed by atoms with van der Waals surface area (Å²) in [5.41, 5.74) is 1.11. The molecule has 0 amide bonds. The van der Waals surface area contributed by atoms with Gasteiger partial charge in [0.25, 0.3) is 0 Å². The predicted octanol–water partition coefficient (Wildman–Crippen LogP) is 3.02. The molecule has 1 aromatic carbocycles. The zero-order valence-corrected chi connectivity index (χ0v) is 12.3. The monoisotopic (exact) mass is 314 g/mol. The van der Waals surface area contributed by atoms with E-state index < -0.39 is 0 Å². The van der Waals surface area contributed by atoms with Crippen molar-refractivity contribution in [2.75, 3.05) is 26.7 Å². The van der Waals surface area contributed by atoms with Crippen molar-refractivity contribution in [2.24, 2.45) is 5.92 Å².